The highest BCUT2D eigenvalue weighted by atomic mass is 16.1. The first kappa shape index (κ1) is 18.7. The summed E-state index contributed by atoms with van der Waals surface area (Å²) in [6.45, 7) is 12.4. The molecule has 0 aliphatic carbocycles. The monoisotopic (exact) mass is 250 g/mol. The topological polar surface area (TPSA) is 42.0 Å². The summed E-state index contributed by atoms with van der Waals surface area (Å²) in [5.74, 6) is -0.0874. The van der Waals surface area contributed by atoms with Gasteiger partial charge in [0.1, 0.15) is 0 Å². The molecule has 0 saturated heterocycles. The predicted molar refractivity (Wildman–Crippen MR) is 78.8 cm³/mol. The first-order valence-corrected chi connectivity index (χ1v) is 6.56. The minimum absolute atomic E-state index is 0.0874. The third-order valence-electron chi connectivity index (χ3n) is 1.79. The Balaban J connectivity index is 0. The van der Waals surface area contributed by atoms with Crippen molar-refractivity contribution in [3.05, 3.63) is 41.7 Å². The second-order valence-corrected chi connectivity index (χ2v) is 2.97. The van der Waals surface area contributed by atoms with Gasteiger partial charge in [-0.05, 0) is 26.0 Å². The summed E-state index contributed by atoms with van der Waals surface area (Å²) in [6, 6.07) is 3.60. The van der Waals surface area contributed by atoms with Crippen molar-refractivity contribution in [1.82, 2.24) is 10.3 Å². The van der Waals surface area contributed by atoms with Crippen LogP contribution < -0.4 is 5.32 Å². The lowest BCUT2D eigenvalue weighted by Gasteiger charge is -2.01. The molecule has 1 amide bonds. The van der Waals surface area contributed by atoms with Gasteiger partial charge in [0, 0.05) is 18.4 Å². The molecule has 0 atom stereocenters. The Kier molecular flexibility index (Phi) is 14.0. The summed E-state index contributed by atoms with van der Waals surface area (Å²) in [7, 11) is 0. The van der Waals surface area contributed by atoms with Gasteiger partial charge >= 0.3 is 0 Å². The lowest BCUT2D eigenvalue weighted by atomic mass is 10.2. The first-order chi connectivity index (χ1) is 8.74. The number of carbonyl (C=O) groups excluding carboxylic acids is 1. The standard InChI is InChI=1S/C11H14N2O.2C2H6/c1-3-4-7-12-11(14)10-6-5-9(2)13-8-10;2*1-2/h3-6,8H,7H2,1-2H3,(H,12,14);2*1-2H3/b4-3+;;. The minimum atomic E-state index is -0.0874. The Bertz CT molecular complexity index is 329. The number of hydrogen-bond acceptors (Lipinski definition) is 2. The van der Waals surface area contributed by atoms with Crippen LogP contribution in [0.2, 0.25) is 0 Å². The van der Waals surface area contributed by atoms with Crippen molar-refractivity contribution in [2.45, 2.75) is 41.5 Å². The number of rotatable bonds is 3. The van der Waals surface area contributed by atoms with Gasteiger partial charge in [-0.25, -0.2) is 0 Å². The average molecular weight is 250 g/mol. The molecule has 1 rings (SSSR count). The van der Waals surface area contributed by atoms with E-state index in [-0.39, 0.29) is 5.91 Å². The van der Waals surface area contributed by atoms with Gasteiger partial charge in [-0.1, -0.05) is 39.8 Å². The van der Waals surface area contributed by atoms with Crippen LogP contribution in [0.4, 0.5) is 0 Å². The lowest BCUT2D eigenvalue weighted by Crippen LogP contribution is -2.23. The number of pyridine rings is 1. The maximum atomic E-state index is 11.4. The number of nitrogens with zero attached hydrogens (tertiary/aromatic N) is 1. The largest absolute Gasteiger partial charge is 0.349 e. The Hall–Kier alpha value is -1.64. The van der Waals surface area contributed by atoms with Crippen LogP contribution in [0, 0.1) is 6.92 Å². The van der Waals surface area contributed by atoms with Gasteiger partial charge in [0.2, 0.25) is 0 Å². The fourth-order valence-corrected chi connectivity index (χ4v) is 0.974. The summed E-state index contributed by atoms with van der Waals surface area (Å²) >= 11 is 0. The number of nitrogens with one attached hydrogen (secondary N) is 1. The second kappa shape index (κ2) is 13.4. The van der Waals surface area contributed by atoms with Crippen LogP contribution in [-0.2, 0) is 0 Å². The number of amides is 1. The van der Waals surface area contributed by atoms with Gasteiger partial charge in [0.15, 0.2) is 0 Å². The van der Waals surface area contributed by atoms with E-state index < -0.39 is 0 Å². The summed E-state index contributed by atoms with van der Waals surface area (Å²) in [5.41, 5.74) is 1.51. The molecule has 1 aromatic rings. The molecule has 0 radical (unpaired) electrons. The zero-order valence-electron chi connectivity index (χ0n) is 12.4. The van der Waals surface area contributed by atoms with Crippen molar-refractivity contribution in [3.63, 3.8) is 0 Å². The molecule has 0 aliphatic rings. The van der Waals surface area contributed by atoms with Gasteiger partial charge in [-0.2, -0.15) is 0 Å². The van der Waals surface area contributed by atoms with E-state index in [9.17, 15) is 4.79 Å². The molecule has 102 valence electrons. The fraction of sp³-hybridized carbons (Fsp3) is 0.467. The van der Waals surface area contributed by atoms with Crippen molar-refractivity contribution in [3.8, 4) is 0 Å². The molecule has 0 bridgehead atoms. The number of hydrogen-bond donors (Lipinski definition) is 1. The molecular weight excluding hydrogens is 224 g/mol. The highest BCUT2D eigenvalue weighted by molar-refractivity contribution is 5.93. The molecule has 0 spiro atoms. The quantitative estimate of drug-likeness (QED) is 0.830. The molecular formula is C15H26N2O. The van der Waals surface area contributed by atoms with Crippen molar-refractivity contribution < 1.29 is 4.79 Å². The highest BCUT2D eigenvalue weighted by Crippen LogP contribution is 1.98. The molecule has 0 fully saturated rings. The van der Waals surface area contributed by atoms with Crippen LogP contribution in [0.1, 0.15) is 50.7 Å². The van der Waals surface area contributed by atoms with E-state index >= 15 is 0 Å². The zero-order valence-corrected chi connectivity index (χ0v) is 12.4. The molecule has 0 aromatic carbocycles. The van der Waals surface area contributed by atoms with Crippen LogP contribution in [0.15, 0.2) is 30.5 Å². The SMILES string of the molecule is C/C=C/CNC(=O)c1ccc(C)nc1.CC.CC. The van der Waals surface area contributed by atoms with Crippen LogP contribution in [0.3, 0.4) is 0 Å². The van der Waals surface area contributed by atoms with Gasteiger partial charge < -0.3 is 5.32 Å². The predicted octanol–water partition coefficient (Wildman–Crippen LogP) is 3.75. The lowest BCUT2D eigenvalue weighted by molar-refractivity contribution is 0.0957. The van der Waals surface area contributed by atoms with Crippen LogP contribution in [0.25, 0.3) is 0 Å². The number of allylic oxidation sites excluding steroid dienone is 1. The average Bonchev–Trinajstić information content (AvgIpc) is 2.44. The van der Waals surface area contributed by atoms with Gasteiger partial charge in [-0.15, -0.1) is 0 Å². The minimum Gasteiger partial charge on any atom is -0.349 e. The Morgan fingerprint density at radius 1 is 1.28 bits per heavy atom. The molecule has 0 saturated carbocycles. The fourth-order valence-electron chi connectivity index (χ4n) is 0.974. The highest BCUT2D eigenvalue weighted by Gasteiger charge is 2.02. The van der Waals surface area contributed by atoms with E-state index in [1.54, 1.807) is 12.3 Å². The third-order valence-corrected chi connectivity index (χ3v) is 1.79. The van der Waals surface area contributed by atoms with E-state index in [4.69, 9.17) is 0 Å². The van der Waals surface area contributed by atoms with Crippen molar-refractivity contribution >= 4 is 5.91 Å². The summed E-state index contributed by atoms with van der Waals surface area (Å²) in [5, 5.41) is 2.75. The van der Waals surface area contributed by atoms with Crippen molar-refractivity contribution in [2.24, 2.45) is 0 Å². The van der Waals surface area contributed by atoms with Crippen LogP contribution in [-0.4, -0.2) is 17.4 Å². The molecule has 3 nitrogen and oxygen atoms in total. The van der Waals surface area contributed by atoms with E-state index in [1.165, 1.54) is 0 Å². The summed E-state index contributed by atoms with van der Waals surface area (Å²) in [4.78, 5) is 15.5. The van der Waals surface area contributed by atoms with Crippen LogP contribution >= 0.6 is 0 Å². The van der Waals surface area contributed by atoms with Gasteiger partial charge in [0.25, 0.3) is 5.91 Å². The summed E-state index contributed by atoms with van der Waals surface area (Å²) < 4.78 is 0. The number of aryl methyl sites for hydroxylation is 1. The zero-order chi connectivity index (χ0) is 14.4. The molecule has 1 heterocycles. The third kappa shape index (κ3) is 8.50. The number of carbonyl (C=O) groups is 1. The van der Waals surface area contributed by atoms with Crippen molar-refractivity contribution in [1.29, 1.82) is 0 Å². The second-order valence-electron chi connectivity index (χ2n) is 2.97. The maximum Gasteiger partial charge on any atom is 0.253 e. The smallest absolute Gasteiger partial charge is 0.253 e. The molecule has 0 aliphatic heterocycles. The van der Waals surface area contributed by atoms with E-state index in [0.717, 1.165) is 5.69 Å². The Morgan fingerprint density at radius 2 is 1.89 bits per heavy atom. The van der Waals surface area contributed by atoms with E-state index in [0.29, 0.717) is 12.1 Å². The van der Waals surface area contributed by atoms with E-state index in [1.807, 2.05) is 59.8 Å². The molecule has 18 heavy (non-hydrogen) atoms. The first-order valence-electron chi connectivity index (χ1n) is 6.56. The number of aromatic nitrogens is 1. The molecule has 1 aromatic heterocycles. The van der Waals surface area contributed by atoms with Crippen LogP contribution in [0.5, 0.6) is 0 Å². The normalized spacial score (nSPS) is 8.78. The van der Waals surface area contributed by atoms with Gasteiger partial charge in [-0.3, -0.25) is 9.78 Å². The summed E-state index contributed by atoms with van der Waals surface area (Å²) in [6.07, 6.45) is 5.37. The molecule has 1 N–H and O–H groups in total. The maximum absolute atomic E-state index is 11.4. The van der Waals surface area contributed by atoms with Gasteiger partial charge in [0.05, 0.1) is 5.56 Å². The van der Waals surface area contributed by atoms with E-state index in [2.05, 4.69) is 10.3 Å². The molecule has 3 heteroatoms. The Morgan fingerprint density at radius 3 is 2.33 bits per heavy atom. The van der Waals surface area contributed by atoms with Crippen molar-refractivity contribution in [2.75, 3.05) is 6.54 Å². The Labute approximate surface area is 111 Å². The molecule has 0 unspecified atom stereocenters.